The lowest BCUT2D eigenvalue weighted by molar-refractivity contribution is 0.689. The molecule has 4 heteroatoms. The minimum absolute atomic E-state index is 0.348. The highest BCUT2D eigenvalue weighted by molar-refractivity contribution is 6.23. The Bertz CT molecular complexity index is 6780. The van der Waals surface area contributed by atoms with E-state index in [-0.39, 0.29) is 0 Å². The van der Waals surface area contributed by atoms with Crippen LogP contribution in [0.1, 0.15) is 22.6 Å². The molecule has 0 aliphatic heterocycles. The first-order valence-electron chi connectivity index (χ1n) is 38.5. The molecule has 17 aromatic carbocycles. The Morgan fingerprint density at radius 1 is 0.196 bits per heavy atom. The minimum Gasteiger partial charge on any atom is -0.228 e. The van der Waals surface area contributed by atoms with Crippen LogP contribution in [0.25, 0.3) is 183 Å². The summed E-state index contributed by atoms with van der Waals surface area (Å²) in [7, 11) is 0. The largest absolute Gasteiger partial charge is 0.228 e. The van der Waals surface area contributed by atoms with Gasteiger partial charge in [-0.05, 0) is 156 Å². The van der Waals surface area contributed by atoms with Crippen molar-refractivity contribution in [3.63, 3.8) is 0 Å². The van der Waals surface area contributed by atoms with Gasteiger partial charge in [-0.15, -0.1) is 0 Å². The molecule has 0 saturated heterocycles. The Morgan fingerprint density at radius 3 is 0.946 bits per heavy atom. The molecule has 21 rings (SSSR count). The molecule has 0 radical (unpaired) electrons. The van der Waals surface area contributed by atoms with Crippen molar-refractivity contribution in [3.8, 4) is 123 Å². The van der Waals surface area contributed by atoms with E-state index in [1.807, 2.05) is 12.1 Å². The van der Waals surface area contributed by atoms with E-state index in [1.165, 1.54) is 121 Å². The normalized spacial score (nSPS) is 13.5. The van der Waals surface area contributed by atoms with Gasteiger partial charge in [0.25, 0.3) is 0 Å². The van der Waals surface area contributed by atoms with E-state index in [4.69, 9.17) is 19.9 Å². The Kier molecular flexibility index (Phi) is 17.4. The summed E-state index contributed by atoms with van der Waals surface area (Å²) < 4.78 is 0. The smallest absolute Gasteiger partial charge is 0.160 e. The van der Waals surface area contributed by atoms with E-state index in [2.05, 4.69) is 413 Å². The quantitative estimate of drug-likeness (QED) is 0.114. The van der Waals surface area contributed by atoms with Crippen LogP contribution < -0.4 is 0 Å². The van der Waals surface area contributed by atoms with Crippen molar-refractivity contribution >= 4 is 59.4 Å². The molecule has 0 bridgehead atoms. The zero-order chi connectivity index (χ0) is 74.3. The van der Waals surface area contributed by atoms with Crippen molar-refractivity contribution in [2.24, 2.45) is 5.92 Å². The van der Waals surface area contributed by atoms with Crippen molar-refractivity contribution in [2.45, 2.75) is 5.92 Å². The highest BCUT2D eigenvalue weighted by atomic mass is 14.9. The van der Waals surface area contributed by atoms with Gasteiger partial charge >= 0.3 is 0 Å². The standard InChI is InChI=1S/C56H38N2.C52H34N2/c1-3-16-38(17-4-1)52-36-53(39-32-30-37(31-33-39)51-35-41-20-7-8-23-44(41)45-24-9-10-25-46(45)51)58-56(57-52)43-22-15-21-42(34-43)55-49-28-13-11-26-47(49)54(40-18-5-2-6-19-40)48-27-12-14-29-50(48)55;1-3-16-37(17-4-1)48-34-49(38-31-29-36(30-32-38)43-28-14-20-35-15-7-8-23-42(35)43)54-52(53-48)41-22-13-21-40(33-41)51-46-26-11-9-24-44(46)50(39-18-5-2-6-19-39)45-25-10-12-27-47(45)51/h1-36,41,44H;1-34H. The van der Waals surface area contributed by atoms with Crippen LogP contribution in [0.3, 0.4) is 0 Å². The third kappa shape index (κ3) is 12.5. The summed E-state index contributed by atoms with van der Waals surface area (Å²) in [5, 5.41) is 12.3. The maximum atomic E-state index is 5.30. The van der Waals surface area contributed by atoms with Gasteiger partial charge in [-0.25, -0.2) is 19.9 Å². The second-order valence-corrected chi connectivity index (χ2v) is 29.0. The first-order valence-corrected chi connectivity index (χ1v) is 38.5. The number of nitrogens with zero attached hydrogens (tertiary/aromatic N) is 4. The summed E-state index contributed by atoms with van der Waals surface area (Å²) in [5.41, 5.74) is 27.0. The SMILES string of the molecule is C1=CC2C=C(c3ccc(-c4cc(-c5ccccc5)nc(-c5cccc(-c6c7ccccc7c(-c7ccccc7)c7ccccc67)c5)n4)cc3)c3ccccc3C2C=C1.c1ccc(-c2cc(-c3ccc(-c4cccc5ccccc45)cc3)nc(-c3cccc(-c4c5ccccc5c(-c5ccccc5)c5ccccc45)c3)n2)cc1. The van der Waals surface area contributed by atoms with Crippen LogP contribution in [0, 0.1) is 5.92 Å². The molecule has 2 aliphatic carbocycles. The molecule has 19 aromatic rings. The minimum atomic E-state index is 0.348. The van der Waals surface area contributed by atoms with E-state index >= 15 is 0 Å². The number of hydrogen-bond donors (Lipinski definition) is 0. The molecule has 2 aliphatic rings. The average molecular weight is 1430 g/mol. The van der Waals surface area contributed by atoms with E-state index in [0.717, 1.165) is 67.3 Å². The van der Waals surface area contributed by atoms with Crippen molar-refractivity contribution < 1.29 is 0 Å². The summed E-state index contributed by atoms with van der Waals surface area (Å²) in [4.78, 5) is 21.0. The van der Waals surface area contributed by atoms with Gasteiger partial charge in [-0.1, -0.05) is 400 Å². The van der Waals surface area contributed by atoms with E-state index in [0.29, 0.717) is 23.5 Å². The zero-order valence-electron chi connectivity index (χ0n) is 61.4. The Morgan fingerprint density at radius 2 is 0.500 bits per heavy atom. The molecule has 524 valence electrons. The molecule has 0 saturated carbocycles. The summed E-state index contributed by atoms with van der Waals surface area (Å²) >= 11 is 0. The first-order chi connectivity index (χ1) is 55.5. The van der Waals surface area contributed by atoms with E-state index in [9.17, 15) is 0 Å². The predicted molar refractivity (Wildman–Crippen MR) is 469 cm³/mol. The summed E-state index contributed by atoms with van der Waals surface area (Å²) in [6.45, 7) is 0. The van der Waals surface area contributed by atoms with Crippen molar-refractivity contribution in [2.75, 3.05) is 0 Å². The molecule has 0 N–H and O–H groups in total. The molecule has 4 nitrogen and oxygen atoms in total. The van der Waals surface area contributed by atoms with Crippen LogP contribution in [0.4, 0.5) is 0 Å². The van der Waals surface area contributed by atoms with Crippen molar-refractivity contribution in [1.29, 1.82) is 0 Å². The van der Waals surface area contributed by atoms with Crippen LogP contribution in [0.5, 0.6) is 0 Å². The van der Waals surface area contributed by atoms with E-state index in [1.54, 1.807) is 0 Å². The molecule has 2 aromatic heterocycles. The molecule has 0 spiro atoms. The lowest BCUT2D eigenvalue weighted by Crippen LogP contribution is -2.16. The molecular weight excluding hydrogens is 1350 g/mol. The Hall–Kier alpha value is -14.6. The number of fused-ring (bicyclic) bond motifs is 8. The average Bonchev–Trinajstić information content (AvgIpc) is 0.738. The number of rotatable bonds is 12. The molecule has 2 unspecified atom stereocenters. The van der Waals surface area contributed by atoms with Gasteiger partial charge in [-0.3, -0.25) is 0 Å². The van der Waals surface area contributed by atoms with Crippen LogP contribution in [0.2, 0.25) is 0 Å². The fraction of sp³-hybridized carbons (Fsp3) is 0.0185. The van der Waals surface area contributed by atoms with Crippen molar-refractivity contribution in [3.05, 3.63) is 441 Å². The number of benzene rings is 17. The van der Waals surface area contributed by atoms with Gasteiger partial charge < -0.3 is 0 Å². The number of hydrogen-bond acceptors (Lipinski definition) is 4. The third-order valence-corrected chi connectivity index (χ3v) is 22.3. The maximum Gasteiger partial charge on any atom is 0.160 e. The maximum absolute atomic E-state index is 5.30. The second-order valence-electron chi connectivity index (χ2n) is 29.0. The molecule has 2 atom stereocenters. The topological polar surface area (TPSA) is 51.6 Å². The molecule has 112 heavy (non-hydrogen) atoms. The summed E-state index contributed by atoms with van der Waals surface area (Å²) in [6.07, 6.45) is 11.4. The first kappa shape index (κ1) is 66.8. The van der Waals surface area contributed by atoms with Crippen LogP contribution >= 0.6 is 0 Å². The van der Waals surface area contributed by atoms with Crippen LogP contribution in [0.15, 0.2) is 425 Å². The van der Waals surface area contributed by atoms with E-state index < -0.39 is 0 Å². The fourth-order valence-electron chi connectivity index (χ4n) is 17.1. The van der Waals surface area contributed by atoms with Crippen molar-refractivity contribution in [1.82, 2.24) is 19.9 Å². The highest BCUT2D eigenvalue weighted by Crippen LogP contribution is 2.48. The molecular formula is C108H72N4. The van der Waals surface area contributed by atoms with Gasteiger partial charge in [0.15, 0.2) is 11.6 Å². The highest BCUT2D eigenvalue weighted by Gasteiger charge is 2.29. The molecule has 0 fully saturated rings. The van der Waals surface area contributed by atoms with Crippen LogP contribution in [-0.2, 0) is 0 Å². The predicted octanol–water partition coefficient (Wildman–Crippen LogP) is 28.3. The summed E-state index contributed by atoms with van der Waals surface area (Å²) in [5.74, 6) is 2.12. The molecule has 2 heterocycles. The third-order valence-electron chi connectivity index (χ3n) is 22.3. The molecule has 0 amide bonds. The summed E-state index contributed by atoms with van der Waals surface area (Å²) in [6, 6.07) is 141. The Balaban J connectivity index is 0.000000146. The van der Waals surface area contributed by atoms with Gasteiger partial charge in [0.2, 0.25) is 0 Å². The second kappa shape index (κ2) is 29.2. The van der Waals surface area contributed by atoms with Crippen LogP contribution in [-0.4, -0.2) is 19.9 Å². The number of allylic oxidation sites excluding steroid dienone is 5. The lowest BCUT2D eigenvalue weighted by Gasteiger charge is -2.31. The lowest BCUT2D eigenvalue weighted by atomic mass is 9.73. The van der Waals surface area contributed by atoms with Gasteiger partial charge in [0.1, 0.15) is 0 Å². The van der Waals surface area contributed by atoms with Gasteiger partial charge in [0.05, 0.1) is 22.8 Å². The van der Waals surface area contributed by atoms with Gasteiger partial charge in [-0.2, -0.15) is 0 Å². The number of aromatic nitrogens is 4. The zero-order valence-corrected chi connectivity index (χ0v) is 61.4. The van der Waals surface area contributed by atoms with Gasteiger partial charge in [0, 0.05) is 45.2 Å². The monoisotopic (exact) mass is 1420 g/mol. The Labute approximate surface area is 651 Å². The fourth-order valence-corrected chi connectivity index (χ4v) is 17.1.